The van der Waals surface area contributed by atoms with E-state index >= 15 is 0 Å². The normalized spacial score (nSPS) is 10.1. The van der Waals surface area contributed by atoms with Crippen molar-refractivity contribution >= 4 is 37.6 Å². The summed E-state index contributed by atoms with van der Waals surface area (Å²) in [6, 6.07) is 6.22. The first-order valence-electron chi connectivity index (χ1n) is 3.35. The highest BCUT2D eigenvalue weighted by Crippen LogP contribution is 2.30. The van der Waals surface area contributed by atoms with Gasteiger partial charge >= 0.3 is 0 Å². The molecule has 0 aliphatic carbocycles. The molecule has 1 aromatic rings. The molecular weight excluding hydrogens is 244 g/mol. The molecule has 0 unspecified atom stereocenters. The second-order valence-electron chi connectivity index (χ2n) is 2.20. The minimum Gasteiger partial charge on any atom is -0.0613 e. The SMILES string of the molecule is CCc1ccc(SCl)c(Br)c1. The summed E-state index contributed by atoms with van der Waals surface area (Å²) in [6.45, 7) is 2.13. The van der Waals surface area contributed by atoms with E-state index in [1.165, 1.54) is 16.5 Å². The lowest BCUT2D eigenvalue weighted by Gasteiger charge is -2.00. The maximum absolute atomic E-state index is 5.61. The Labute approximate surface area is 84.0 Å². The second kappa shape index (κ2) is 4.39. The molecule has 0 aromatic heterocycles. The average molecular weight is 252 g/mol. The fraction of sp³-hybridized carbons (Fsp3) is 0.250. The highest BCUT2D eigenvalue weighted by atomic mass is 79.9. The van der Waals surface area contributed by atoms with Crippen LogP contribution < -0.4 is 0 Å². The smallest absolute Gasteiger partial charge is 0.0375 e. The van der Waals surface area contributed by atoms with Crippen molar-refractivity contribution in [1.29, 1.82) is 0 Å². The lowest BCUT2D eigenvalue weighted by atomic mass is 10.2. The zero-order chi connectivity index (χ0) is 8.27. The Morgan fingerprint density at radius 1 is 1.55 bits per heavy atom. The van der Waals surface area contributed by atoms with E-state index < -0.39 is 0 Å². The molecule has 0 bridgehead atoms. The van der Waals surface area contributed by atoms with Crippen LogP contribution in [0.1, 0.15) is 12.5 Å². The molecule has 0 fully saturated rings. The Bertz CT molecular complexity index is 250. The summed E-state index contributed by atoms with van der Waals surface area (Å²) >= 11 is 3.44. The number of halogens is 2. The van der Waals surface area contributed by atoms with Gasteiger partial charge in [0.15, 0.2) is 0 Å². The molecular formula is C8H8BrClS. The number of rotatable bonds is 2. The molecule has 0 nitrogen and oxygen atoms in total. The summed E-state index contributed by atoms with van der Waals surface area (Å²) in [5.41, 5.74) is 1.33. The zero-order valence-electron chi connectivity index (χ0n) is 6.10. The highest BCUT2D eigenvalue weighted by molar-refractivity contribution is 9.10. The summed E-state index contributed by atoms with van der Waals surface area (Å²) in [5.74, 6) is 0. The van der Waals surface area contributed by atoms with Crippen molar-refractivity contribution in [3.05, 3.63) is 28.2 Å². The summed E-state index contributed by atoms with van der Waals surface area (Å²) in [4.78, 5) is 1.07. The summed E-state index contributed by atoms with van der Waals surface area (Å²) in [7, 11) is 6.85. The van der Waals surface area contributed by atoms with Crippen LogP contribution in [-0.4, -0.2) is 0 Å². The molecule has 0 saturated carbocycles. The number of aryl methyl sites for hydroxylation is 1. The molecule has 0 saturated heterocycles. The fourth-order valence-corrected chi connectivity index (χ4v) is 2.43. The van der Waals surface area contributed by atoms with Gasteiger partial charge in [-0.1, -0.05) is 13.0 Å². The van der Waals surface area contributed by atoms with Gasteiger partial charge in [-0.3, -0.25) is 0 Å². The molecule has 0 heterocycles. The third-order valence-electron chi connectivity index (χ3n) is 1.49. The molecule has 0 aliphatic rings. The average Bonchev–Trinajstić information content (AvgIpc) is 2.04. The third kappa shape index (κ3) is 2.39. The van der Waals surface area contributed by atoms with Crippen molar-refractivity contribution in [1.82, 2.24) is 0 Å². The van der Waals surface area contributed by atoms with Gasteiger partial charge in [0.05, 0.1) is 0 Å². The van der Waals surface area contributed by atoms with Crippen LogP contribution in [0.15, 0.2) is 27.6 Å². The quantitative estimate of drug-likeness (QED) is 0.757. The molecule has 0 N–H and O–H groups in total. The Morgan fingerprint density at radius 2 is 2.27 bits per heavy atom. The topological polar surface area (TPSA) is 0 Å². The molecule has 1 aromatic carbocycles. The fourth-order valence-electron chi connectivity index (χ4n) is 0.827. The van der Waals surface area contributed by atoms with E-state index in [1.807, 2.05) is 6.07 Å². The first-order chi connectivity index (χ1) is 5.27. The van der Waals surface area contributed by atoms with E-state index in [0.717, 1.165) is 15.8 Å². The van der Waals surface area contributed by atoms with Crippen LogP contribution in [0.4, 0.5) is 0 Å². The van der Waals surface area contributed by atoms with Gasteiger partial charge in [-0.05, 0) is 61.7 Å². The lowest BCUT2D eigenvalue weighted by Crippen LogP contribution is -1.80. The van der Waals surface area contributed by atoms with Crippen molar-refractivity contribution in [2.45, 2.75) is 18.2 Å². The molecule has 11 heavy (non-hydrogen) atoms. The number of hydrogen-bond acceptors (Lipinski definition) is 1. The number of hydrogen-bond donors (Lipinski definition) is 0. The molecule has 3 heteroatoms. The van der Waals surface area contributed by atoms with Crippen LogP contribution in [0.3, 0.4) is 0 Å². The molecule has 0 aliphatic heterocycles. The van der Waals surface area contributed by atoms with Crippen LogP contribution in [0.25, 0.3) is 0 Å². The van der Waals surface area contributed by atoms with Crippen molar-refractivity contribution < 1.29 is 0 Å². The van der Waals surface area contributed by atoms with Gasteiger partial charge in [-0.2, -0.15) is 0 Å². The standard InChI is InChI=1S/C8H8BrClS/c1-2-6-3-4-8(11-10)7(9)5-6/h3-5H,2H2,1H3. The number of benzene rings is 1. The highest BCUT2D eigenvalue weighted by Gasteiger charge is 1.98. The van der Waals surface area contributed by atoms with Crippen molar-refractivity contribution in [2.75, 3.05) is 0 Å². The van der Waals surface area contributed by atoms with Gasteiger partial charge in [0, 0.05) is 9.37 Å². The predicted molar refractivity (Wildman–Crippen MR) is 55.2 cm³/mol. The Balaban J connectivity index is 2.99. The van der Waals surface area contributed by atoms with Crippen LogP contribution in [0, 0.1) is 0 Å². The van der Waals surface area contributed by atoms with Gasteiger partial charge in [0.1, 0.15) is 0 Å². The van der Waals surface area contributed by atoms with E-state index in [4.69, 9.17) is 10.7 Å². The van der Waals surface area contributed by atoms with Gasteiger partial charge in [-0.15, -0.1) is 0 Å². The Kier molecular flexibility index (Phi) is 3.76. The molecule has 0 atom stereocenters. The van der Waals surface area contributed by atoms with Crippen LogP contribution >= 0.6 is 37.6 Å². The maximum atomic E-state index is 5.61. The third-order valence-corrected chi connectivity index (χ3v) is 3.43. The van der Waals surface area contributed by atoms with Gasteiger partial charge in [0.25, 0.3) is 0 Å². The largest absolute Gasteiger partial charge is 0.0613 e. The molecule has 0 spiro atoms. The second-order valence-corrected chi connectivity index (χ2v) is 4.11. The summed E-state index contributed by atoms with van der Waals surface area (Å²) < 4.78 is 1.08. The lowest BCUT2D eigenvalue weighted by molar-refractivity contribution is 1.12. The summed E-state index contributed by atoms with van der Waals surface area (Å²) in [6.07, 6.45) is 1.06. The van der Waals surface area contributed by atoms with Crippen molar-refractivity contribution in [3.63, 3.8) is 0 Å². The van der Waals surface area contributed by atoms with E-state index in [2.05, 4.69) is 35.0 Å². The zero-order valence-corrected chi connectivity index (χ0v) is 9.26. The van der Waals surface area contributed by atoms with Gasteiger partial charge in [0.2, 0.25) is 0 Å². The van der Waals surface area contributed by atoms with E-state index in [1.54, 1.807) is 0 Å². The van der Waals surface area contributed by atoms with Crippen LogP contribution in [0.5, 0.6) is 0 Å². The first-order valence-corrected chi connectivity index (χ1v) is 5.78. The molecule has 1 rings (SSSR count). The van der Waals surface area contributed by atoms with E-state index in [0.29, 0.717) is 0 Å². The van der Waals surface area contributed by atoms with Crippen molar-refractivity contribution in [2.24, 2.45) is 0 Å². The summed E-state index contributed by atoms with van der Waals surface area (Å²) in [5, 5.41) is 0. The Morgan fingerprint density at radius 3 is 2.73 bits per heavy atom. The van der Waals surface area contributed by atoms with E-state index in [-0.39, 0.29) is 0 Å². The van der Waals surface area contributed by atoms with Gasteiger partial charge < -0.3 is 0 Å². The first kappa shape index (κ1) is 9.43. The maximum Gasteiger partial charge on any atom is 0.0375 e. The minimum absolute atomic E-state index is 1.06. The van der Waals surface area contributed by atoms with Crippen molar-refractivity contribution in [3.8, 4) is 0 Å². The van der Waals surface area contributed by atoms with E-state index in [9.17, 15) is 0 Å². The van der Waals surface area contributed by atoms with Crippen LogP contribution in [0.2, 0.25) is 0 Å². The molecule has 0 amide bonds. The van der Waals surface area contributed by atoms with Gasteiger partial charge in [-0.25, -0.2) is 0 Å². The molecule has 60 valence electrons. The monoisotopic (exact) mass is 250 g/mol. The molecule has 0 radical (unpaired) electrons. The minimum atomic E-state index is 1.06. The predicted octanol–water partition coefficient (Wildman–Crippen LogP) is 4.26. The Hall–Kier alpha value is 0.340. The van der Waals surface area contributed by atoms with Crippen LogP contribution in [-0.2, 0) is 6.42 Å².